The van der Waals surface area contributed by atoms with Crippen molar-refractivity contribution >= 4 is 11.0 Å². The molecule has 3 nitrogen and oxygen atoms in total. The van der Waals surface area contributed by atoms with Gasteiger partial charge in [0, 0.05) is 6.54 Å². The van der Waals surface area contributed by atoms with Gasteiger partial charge >= 0.3 is 0 Å². The van der Waals surface area contributed by atoms with Crippen molar-refractivity contribution in [3.63, 3.8) is 0 Å². The highest BCUT2D eigenvalue weighted by Gasteiger charge is 2.10. The van der Waals surface area contributed by atoms with E-state index in [4.69, 9.17) is 5.73 Å². The molecular formula is C15H21N3. The fourth-order valence-electron chi connectivity index (χ4n) is 2.16. The lowest BCUT2D eigenvalue weighted by atomic mass is 10.0. The maximum atomic E-state index is 5.78. The maximum Gasteiger partial charge on any atom is 0.123 e. The van der Waals surface area contributed by atoms with Crippen molar-refractivity contribution in [2.45, 2.75) is 39.8 Å². The molecule has 0 atom stereocenters. The summed E-state index contributed by atoms with van der Waals surface area (Å²) in [6, 6.07) is 6.47. The van der Waals surface area contributed by atoms with Crippen molar-refractivity contribution in [1.29, 1.82) is 0 Å². The predicted octanol–water partition coefficient (Wildman–Crippen LogP) is 3.19. The monoisotopic (exact) mass is 243 g/mol. The van der Waals surface area contributed by atoms with E-state index in [0.29, 0.717) is 12.5 Å². The molecule has 0 spiro atoms. The van der Waals surface area contributed by atoms with Gasteiger partial charge in [-0.1, -0.05) is 32.1 Å². The van der Waals surface area contributed by atoms with E-state index in [1.807, 2.05) is 6.92 Å². The Morgan fingerprint density at radius 2 is 2.17 bits per heavy atom. The molecule has 0 aliphatic heterocycles. The van der Waals surface area contributed by atoms with Gasteiger partial charge in [0.2, 0.25) is 0 Å². The lowest BCUT2D eigenvalue weighted by Gasteiger charge is -2.08. The van der Waals surface area contributed by atoms with Gasteiger partial charge in [-0.25, -0.2) is 4.98 Å². The summed E-state index contributed by atoms with van der Waals surface area (Å²) in [7, 11) is 0. The van der Waals surface area contributed by atoms with E-state index in [-0.39, 0.29) is 0 Å². The molecule has 2 rings (SSSR count). The molecule has 0 aliphatic carbocycles. The number of aromatic nitrogens is 2. The number of benzene rings is 1. The summed E-state index contributed by atoms with van der Waals surface area (Å²) in [6.45, 7) is 11.6. The first-order chi connectivity index (χ1) is 8.52. The molecule has 0 fully saturated rings. The Morgan fingerprint density at radius 1 is 1.44 bits per heavy atom. The summed E-state index contributed by atoms with van der Waals surface area (Å²) in [5.74, 6) is 1.44. The summed E-state index contributed by atoms with van der Waals surface area (Å²) < 4.78 is 2.15. The molecule has 0 unspecified atom stereocenters. The van der Waals surface area contributed by atoms with Crippen molar-refractivity contribution in [1.82, 2.24) is 9.55 Å². The Labute approximate surface area is 108 Å². The van der Waals surface area contributed by atoms with Crippen molar-refractivity contribution in [2.24, 2.45) is 5.73 Å². The minimum atomic E-state index is 0.457. The number of hydrogen-bond donors (Lipinski definition) is 1. The third kappa shape index (κ3) is 2.31. The zero-order valence-electron chi connectivity index (χ0n) is 11.4. The molecule has 0 aliphatic rings. The molecule has 1 heterocycles. The average molecular weight is 243 g/mol. The molecule has 2 aromatic rings. The lowest BCUT2D eigenvalue weighted by Crippen LogP contribution is -2.08. The number of allylic oxidation sites excluding steroid dienone is 1. The van der Waals surface area contributed by atoms with Gasteiger partial charge < -0.3 is 10.3 Å². The number of fused-ring (bicyclic) bond motifs is 1. The Balaban J connectivity index is 2.58. The van der Waals surface area contributed by atoms with E-state index in [1.165, 1.54) is 5.56 Å². The summed E-state index contributed by atoms with van der Waals surface area (Å²) in [4.78, 5) is 4.62. The molecule has 0 saturated carbocycles. The van der Waals surface area contributed by atoms with Crippen LogP contribution in [0, 0.1) is 0 Å². The highest BCUT2D eigenvalue weighted by atomic mass is 15.1. The normalized spacial score (nSPS) is 11.4. The zero-order valence-corrected chi connectivity index (χ0v) is 11.4. The van der Waals surface area contributed by atoms with Crippen LogP contribution in [0.15, 0.2) is 30.4 Å². The van der Waals surface area contributed by atoms with Gasteiger partial charge in [-0.05, 0) is 30.5 Å². The van der Waals surface area contributed by atoms with E-state index in [1.54, 1.807) is 0 Å². The largest absolute Gasteiger partial charge is 0.324 e. The molecule has 1 aromatic carbocycles. The van der Waals surface area contributed by atoms with Gasteiger partial charge in [-0.2, -0.15) is 0 Å². The van der Waals surface area contributed by atoms with Gasteiger partial charge in [0.15, 0.2) is 0 Å². The van der Waals surface area contributed by atoms with Gasteiger partial charge in [0.25, 0.3) is 0 Å². The van der Waals surface area contributed by atoms with Crippen LogP contribution in [0.25, 0.3) is 11.0 Å². The minimum absolute atomic E-state index is 0.457. The number of hydrogen-bond acceptors (Lipinski definition) is 2. The second-order valence-electron chi connectivity index (χ2n) is 5.18. The number of imidazole rings is 1. The van der Waals surface area contributed by atoms with Crippen LogP contribution in [-0.4, -0.2) is 9.55 Å². The molecule has 1 aromatic heterocycles. The highest BCUT2D eigenvalue weighted by Crippen LogP contribution is 2.22. The van der Waals surface area contributed by atoms with Crippen LogP contribution in [0.3, 0.4) is 0 Å². The summed E-state index contributed by atoms with van der Waals surface area (Å²) in [5, 5.41) is 0. The van der Waals surface area contributed by atoms with Crippen molar-refractivity contribution in [2.75, 3.05) is 0 Å². The van der Waals surface area contributed by atoms with Crippen LogP contribution < -0.4 is 5.73 Å². The standard InChI is InChI=1S/C15H21N3/c1-10(2)9-18-14-6-5-12(11(3)4)7-13(14)17-15(18)8-16/h5-7,11H,1,8-9,16H2,2-4H3. The number of nitrogens with two attached hydrogens (primary N) is 1. The smallest absolute Gasteiger partial charge is 0.123 e. The molecule has 96 valence electrons. The predicted molar refractivity (Wildman–Crippen MR) is 76.5 cm³/mol. The Hall–Kier alpha value is -1.61. The topological polar surface area (TPSA) is 43.8 Å². The fraction of sp³-hybridized carbons (Fsp3) is 0.400. The van der Waals surface area contributed by atoms with Crippen LogP contribution in [0.1, 0.15) is 38.1 Å². The average Bonchev–Trinajstić information content (AvgIpc) is 2.65. The Bertz CT molecular complexity index is 579. The first-order valence-electron chi connectivity index (χ1n) is 6.36. The van der Waals surface area contributed by atoms with Crippen LogP contribution >= 0.6 is 0 Å². The summed E-state index contributed by atoms with van der Waals surface area (Å²) in [5.41, 5.74) is 10.4. The van der Waals surface area contributed by atoms with E-state index in [2.05, 4.69) is 48.2 Å². The van der Waals surface area contributed by atoms with Crippen LogP contribution in [-0.2, 0) is 13.1 Å². The molecule has 0 bridgehead atoms. The van der Waals surface area contributed by atoms with E-state index in [9.17, 15) is 0 Å². The van der Waals surface area contributed by atoms with Gasteiger partial charge in [0.05, 0.1) is 17.6 Å². The van der Waals surface area contributed by atoms with Gasteiger partial charge in [-0.3, -0.25) is 0 Å². The molecule has 0 saturated heterocycles. The van der Waals surface area contributed by atoms with E-state index >= 15 is 0 Å². The van der Waals surface area contributed by atoms with E-state index < -0.39 is 0 Å². The molecular weight excluding hydrogens is 222 g/mol. The quantitative estimate of drug-likeness (QED) is 0.838. The van der Waals surface area contributed by atoms with Crippen molar-refractivity contribution < 1.29 is 0 Å². The molecule has 0 radical (unpaired) electrons. The Morgan fingerprint density at radius 3 is 2.72 bits per heavy atom. The second-order valence-corrected chi connectivity index (χ2v) is 5.18. The third-order valence-electron chi connectivity index (χ3n) is 3.13. The lowest BCUT2D eigenvalue weighted by molar-refractivity contribution is 0.736. The summed E-state index contributed by atoms with van der Waals surface area (Å²) >= 11 is 0. The van der Waals surface area contributed by atoms with Crippen molar-refractivity contribution in [3.8, 4) is 0 Å². The number of rotatable bonds is 4. The fourth-order valence-corrected chi connectivity index (χ4v) is 2.16. The molecule has 2 N–H and O–H groups in total. The summed E-state index contributed by atoms with van der Waals surface area (Å²) in [6.07, 6.45) is 0. The zero-order chi connectivity index (χ0) is 13.3. The van der Waals surface area contributed by atoms with Gasteiger partial charge in [0.1, 0.15) is 5.82 Å². The number of nitrogens with zero attached hydrogens (tertiary/aromatic N) is 2. The first-order valence-corrected chi connectivity index (χ1v) is 6.36. The third-order valence-corrected chi connectivity index (χ3v) is 3.13. The van der Waals surface area contributed by atoms with Crippen LogP contribution in [0.5, 0.6) is 0 Å². The van der Waals surface area contributed by atoms with E-state index in [0.717, 1.165) is 29.0 Å². The van der Waals surface area contributed by atoms with Crippen LogP contribution in [0.4, 0.5) is 0 Å². The molecule has 3 heteroatoms. The van der Waals surface area contributed by atoms with Gasteiger partial charge in [-0.15, -0.1) is 0 Å². The highest BCUT2D eigenvalue weighted by molar-refractivity contribution is 5.77. The molecule has 18 heavy (non-hydrogen) atoms. The Kier molecular flexibility index (Phi) is 3.53. The minimum Gasteiger partial charge on any atom is -0.324 e. The first kappa shape index (κ1) is 12.8. The maximum absolute atomic E-state index is 5.78. The SMILES string of the molecule is C=C(C)Cn1c(CN)nc2cc(C(C)C)ccc21. The second kappa shape index (κ2) is 4.94. The van der Waals surface area contributed by atoms with Crippen molar-refractivity contribution in [3.05, 3.63) is 41.7 Å². The molecule has 0 amide bonds. The van der Waals surface area contributed by atoms with Crippen LogP contribution in [0.2, 0.25) is 0 Å².